The van der Waals surface area contributed by atoms with Gasteiger partial charge in [0.15, 0.2) is 0 Å². The molecular weight excluding hydrogens is 219 g/mol. The lowest BCUT2D eigenvalue weighted by molar-refractivity contribution is -0.124. The fourth-order valence-corrected chi connectivity index (χ4v) is 1.27. The molecular formula is C13H19FN2O. The monoisotopic (exact) mass is 238 g/mol. The van der Waals surface area contributed by atoms with Gasteiger partial charge in [-0.25, -0.2) is 4.39 Å². The van der Waals surface area contributed by atoms with Crippen LogP contribution >= 0.6 is 0 Å². The maximum Gasteiger partial charge on any atom is 0.230 e. The lowest BCUT2D eigenvalue weighted by atomic mass is 9.89. The van der Waals surface area contributed by atoms with E-state index >= 15 is 0 Å². The number of carbonyl (C=O) groups excluding carboxylic acids is 1. The van der Waals surface area contributed by atoms with Gasteiger partial charge in [-0.1, -0.05) is 20.8 Å². The number of nitrogens with two attached hydrogens (primary N) is 1. The van der Waals surface area contributed by atoms with Crippen molar-refractivity contribution in [1.29, 1.82) is 0 Å². The largest absolute Gasteiger partial charge is 0.326 e. The molecule has 0 bridgehead atoms. The molecule has 94 valence electrons. The summed E-state index contributed by atoms with van der Waals surface area (Å²) in [5.41, 5.74) is 5.96. The molecule has 1 aromatic carbocycles. The van der Waals surface area contributed by atoms with E-state index in [9.17, 15) is 9.18 Å². The molecule has 1 amide bonds. The zero-order chi connectivity index (χ0) is 13.1. The maximum atomic E-state index is 13.2. The number of hydrogen-bond acceptors (Lipinski definition) is 2. The molecule has 1 rings (SSSR count). The molecule has 0 radical (unpaired) electrons. The van der Waals surface area contributed by atoms with Crippen LogP contribution < -0.4 is 11.1 Å². The first kappa shape index (κ1) is 13.6. The molecule has 0 saturated carbocycles. The number of benzene rings is 1. The fraction of sp³-hybridized carbons (Fsp3) is 0.462. The van der Waals surface area contributed by atoms with E-state index in [0.29, 0.717) is 11.3 Å². The summed E-state index contributed by atoms with van der Waals surface area (Å²) < 4.78 is 13.2. The number of amides is 1. The van der Waals surface area contributed by atoms with Crippen molar-refractivity contribution >= 4 is 11.6 Å². The highest BCUT2D eigenvalue weighted by molar-refractivity contribution is 5.94. The van der Waals surface area contributed by atoms with Crippen LogP contribution in [0, 0.1) is 11.2 Å². The van der Waals surface area contributed by atoms with E-state index in [4.69, 9.17) is 5.73 Å². The minimum atomic E-state index is -0.433. The summed E-state index contributed by atoms with van der Waals surface area (Å²) in [6, 6.07) is 4.42. The molecule has 0 spiro atoms. The quantitative estimate of drug-likeness (QED) is 0.847. The Morgan fingerprint density at radius 1 is 1.47 bits per heavy atom. The van der Waals surface area contributed by atoms with E-state index in [2.05, 4.69) is 5.32 Å². The smallest absolute Gasteiger partial charge is 0.230 e. The van der Waals surface area contributed by atoms with Crippen LogP contribution in [0.5, 0.6) is 0 Å². The molecule has 0 fully saturated rings. The summed E-state index contributed by atoms with van der Waals surface area (Å²) in [6.45, 7) is 5.81. The summed E-state index contributed by atoms with van der Waals surface area (Å²) in [7, 11) is 0. The standard InChI is InChI=1S/C13H19FN2O/c1-4-13(2,3)12(17)16-10-5-6-11(14)9(7-10)8-15/h5-7H,4,8,15H2,1-3H3,(H,16,17). The Morgan fingerprint density at radius 3 is 2.65 bits per heavy atom. The van der Waals surface area contributed by atoms with Crippen molar-refractivity contribution < 1.29 is 9.18 Å². The van der Waals surface area contributed by atoms with Crippen molar-refractivity contribution in [1.82, 2.24) is 0 Å². The molecule has 0 saturated heterocycles. The highest BCUT2D eigenvalue weighted by atomic mass is 19.1. The second kappa shape index (κ2) is 5.27. The third-order valence-corrected chi connectivity index (χ3v) is 3.02. The summed E-state index contributed by atoms with van der Waals surface area (Å²) in [5, 5.41) is 2.77. The van der Waals surface area contributed by atoms with Crippen LogP contribution in [-0.2, 0) is 11.3 Å². The van der Waals surface area contributed by atoms with E-state index in [1.165, 1.54) is 12.1 Å². The van der Waals surface area contributed by atoms with E-state index in [1.54, 1.807) is 6.07 Å². The van der Waals surface area contributed by atoms with Gasteiger partial charge in [-0.15, -0.1) is 0 Å². The number of halogens is 1. The number of nitrogens with one attached hydrogen (secondary N) is 1. The minimum Gasteiger partial charge on any atom is -0.326 e. The second-order valence-electron chi connectivity index (χ2n) is 4.70. The molecule has 4 heteroatoms. The lowest BCUT2D eigenvalue weighted by Gasteiger charge is -2.21. The van der Waals surface area contributed by atoms with Crippen molar-refractivity contribution in [2.45, 2.75) is 33.7 Å². The molecule has 0 atom stereocenters. The fourth-order valence-electron chi connectivity index (χ4n) is 1.27. The summed E-state index contributed by atoms with van der Waals surface area (Å²) in [6.07, 6.45) is 0.740. The van der Waals surface area contributed by atoms with Gasteiger partial charge in [0.05, 0.1) is 0 Å². The van der Waals surface area contributed by atoms with Crippen LogP contribution in [-0.4, -0.2) is 5.91 Å². The maximum absolute atomic E-state index is 13.2. The topological polar surface area (TPSA) is 55.1 Å². The van der Waals surface area contributed by atoms with Crippen molar-refractivity contribution in [3.05, 3.63) is 29.6 Å². The zero-order valence-electron chi connectivity index (χ0n) is 10.5. The van der Waals surface area contributed by atoms with Gasteiger partial charge in [0, 0.05) is 23.2 Å². The number of carbonyl (C=O) groups is 1. The van der Waals surface area contributed by atoms with E-state index in [0.717, 1.165) is 6.42 Å². The van der Waals surface area contributed by atoms with Crippen molar-refractivity contribution in [2.75, 3.05) is 5.32 Å². The average molecular weight is 238 g/mol. The number of rotatable bonds is 4. The SMILES string of the molecule is CCC(C)(C)C(=O)Nc1ccc(F)c(CN)c1. The third kappa shape index (κ3) is 3.27. The Labute approximate surface area is 101 Å². The van der Waals surface area contributed by atoms with E-state index in [-0.39, 0.29) is 18.3 Å². The Bertz CT molecular complexity index is 416. The molecule has 0 aliphatic heterocycles. The second-order valence-corrected chi connectivity index (χ2v) is 4.70. The molecule has 0 aliphatic carbocycles. The molecule has 0 heterocycles. The van der Waals surface area contributed by atoms with Crippen molar-refractivity contribution in [3.8, 4) is 0 Å². The van der Waals surface area contributed by atoms with E-state index < -0.39 is 5.41 Å². The van der Waals surface area contributed by atoms with Gasteiger partial charge in [-0.05, 0) is 24.6 Å². The van der Waals surface area contributed by atoms with Gasteiger partial charge in [-0.3, -0.25) is 4.79 Å². The van der Waals surface area contributed by atoms with Crippen LogP contribution in [0.2, 0.25) is 0 Å². The Kier molecular flexibility index (Phi) is 4.23. The molecule has 1 aromatic rings. The zero-order valence-corrected chi connectivity index (χ0v) is 10.5. The Hall–Kier alpha value is -1.42. The van der Waals surface area contributed by atoms with Crippen LogP contribution in [0.15, 0.2) is 18.2 Å². The molecule has 3 N–H and O–H groups in total. The Balaban J connectivity index is 2.86. The van der Waals surface area contributed by atoms with Gasteiger partial charge in [0.2, 0.25) is 5.91 Å². The number of hydrogen-bond donors (Lipinski definition) is 2. The first-order valence-corrected chi connectivity index (χ1v) is 5.70. The van der Waals surface area contributed by atoms with Crippen molar-refractivity contribution in [2.24, 2.45) is 11.1 Å². The van der Waals surface area contributed by atoms with Gasteiger partial charge < -0.3 is 11.1 Å². The highest BCUT2D eigenvalue weighted by Gasteiger charge is 2.25. The van der Waals surface area contributed by atoms with Gasteiger partial charge in [0.25, 0.3) is 0 Å². The lowest BCUT2D eigenvalue weighted by Crippen LogP contribution is -2.30. The van der Waals surface area contributed by atoms with Gasteiger partial charge in [0.1, 0.15) is 5.82 Å². The van der Waals surface area contributed by atoms with Gasteiger partial charge >= 0.3 is 0 Å². The molecule has 17 heavy (non-hydrogen) atoms. The normalized spacial score (nSPS) is 11.4. The predicted molar refractivity (Wildman–Crippen MR) is 67.0 cm³/mol. The first-order valence-electron chi connectivity index (χ1n) is 5.70. The number of anilines is 1. The first-order chi connectivity index (χ1) is 7.90. The summed E-state index contributed by atoms with van der Waals surface area (Å²) in [4.78, 5) is 11.9. The Morgan fingerprint density at radius 2 is 2.12 bits per heavy atom. The molecule has 0 aromatic heterocycles. The highest BCUT2D eigenvalue weighted by Crippen LogP contribution is 2.23. The molecule has 3 nitrogen and oxygen atoms in total. The summed E-state index contributed by atoms with van der Waals surface area (Å²) >= 11 is 0. The summed E-state index contributed by atoms with van der Waals surface area (Å²) in [5.74, 6) is -0.421. The minimum absolute atomic E-state index is 0.0745. The van der Waals surface area contributed by atoms with Crippen molar-refractivity contribution in [3.63, 3.8) is 0 Å². The van der Waals surface area contributed by atoms with Crippen LogP contribution in [0.3, 0.4) is 0 Å². The average Bonchev–Trinajstić information content (AvgIpc) is 2.31. The molecule has 0 aliphatic rings. The predicted octanol–water partition coefficient (Wildman–Crippen LogP) is 2.66. The van der Waals surface area contributed by atoms with Crippen LogP contribution in [0.4, 0.5) is 10.1 Å². The van der Waals surface area contributed by atoms with Gasteiger partial charge in [-0.2, -0.15) is 0 Å². The van der Waals surface area contributed by atoms with Crippen LogP contribution in [0.25, 0.3) is 0 Å². The molecule has 0 unspecified atom stereocenters. The van der Waals surface area contributed by atoms with E-state index in [1.807, 2.05) is 20.8 Å². The third-order valence-electron chi connectivity index (χ3n) is 3.02. The van der Waals surface area contributed by atoms with Crippen LogP contribution in [0.1, 0.15) is 32.8 Å².